The summed E-state index contributed by atoms with van der Waals surface area (Å²) in [5.74, 6) is 0.597. The Kier molecular flexibility index (Phi) is 6.21. The van der Waals surface area contributed by atoms with Crippen molar-refractivity contribution in [3.8, 4) is 0 Å². The summed E-state index contributed by atoms with van der Waals surface area (Å²) in [7, 11) is 1.61. The number of fused-ring (bicyclic) bond motifs is 1. The van der Waals surface area contributed by atoms with E-state index in [0.717, 1.165) is 29.8 Å². The van der Waals surface area contributed by atoms with Gasteiger partial charge in [-0.05, 0) is 44.5 Å². The highest BCUT2D eigenvalue weighted by atomic mass is 35.5. The second-order valence-corrected chi connectivity index (χ2v) is 5.98. The van der Waals surface area contributed by atoms with E-state index >= 15 is 0 Å². The molecule has 0 saturated carbocycles. The summed E-state index contributed by atoms with van der Waals surface area (Å²) >= 11 is 0. The molecule has 6 nitrogen and oxygen atoms in total. The molecule has 1 aliphatic heterocycles. The van der Waals surface area contributed by atoms with Crippen LogP contribution in [0.3, 0.4) is 0 Å². The zero-order valence-electron chi connectivity index (χ0n) is 14.1. The van der Waals surface area contributed by atoms with Gasteiger partial charge < -0.3 is 19.8 Å². The zero-order valence-corrected chi connectivity index (χ0v) is 14.9. The van der Waals surface area contributed by atoms with Crippen LogP contribution >= 0.6 is 12.4 Å². The Bertz CT molecular complexity index is 695. The Morgan fingerprint density at radius 3 is 2.83 bits per heavy atom. The van der Waals surface area contributed by atoms with E-state index in [2.05, 4.69) is 15.6 Å². The summed E-state index contributed by atoms with van der Waals surface area (Å²) in [5.41, 5.74) is 2.07. The number of hydrogen-bond donors (Lipinski definition) is 2. The molecule has 1 saturated heterocycles. The molecule has 1 amide bonds. The smallest absolute Gasteiger partial charge is 0.252 e. The van der Waals surface area contributed by atoms with E-state index in [-0.39, 0.29) is 18.3 Å². The van der Waals surface area contributed by atoms with Gasteiger partial charge >= 0.3 is 0 Å². The molecule has 2 aromatic rings. The van der Waals surface area contributed by atoms with E-state index in [9.17, 15) is 4.79 Å². The Morgan fingerprint density at radius 1 is 1.42 bits per heavy atom. The fourth-order valence-corrected chi connectivity index (χ4v) is 3.04. The quantitative estimate of drug-likeness (QED) is 0.859. The Balaban J connectivity index is 0.00000208. The topological polar surface area (TPSA) is 76.4 Å². The van der Waals surface area contributed by atoms with Crippen LogP contribution in [0.4, 0.5) is 0 Å². The Labute approximate surface area is 147 Å². The van der Waals surface area contributed by atoms with E-state index in [0.29, 0.717) is 31.7 Å². The van der Waals surface area contributed by atoms with E-state index in [4.69, 9.17) is 9.15 Å². The van der Waals surface area contributed by atoms with Crippen LogP contribution in [0.2, 0.25) is 0 Å². The number of methoxy groups -OCH3 is 1. The summed E-state index contributed by atoms with van der Waals surface area (Å²) in [6.45, 7) is 4.09. The van der Waals surface area contributed by atoms with E-state index < -0.39 is 5.60 Å². The van der Waals surface area contributed by atoms with Crippen molar-refractivity contribution in [1.82, 2.24) is 15.6 Å². The van der Waals surface area contributed by atoms with Gasteiger partial charge in [-0.25, -0.2) is 4.98 Å². The van der Waals surface area contributed by atoms with Gasteiger partial charge in [0.25, 0.3) is 5.91 Å². The number of halogens is 1. The first-order valence-electron chi connectivity index (χ1n) is 8.04. The molecule has 1 aromatic carbocycles. The maximum atomic E-state index is 12.5. The SMILES string of the molecule is COC1(C(=O)NCCc2nc3c(C)cccc3o2)CCNCC1.Cl. The van der Waals surface area contributed by atoms with Crippen LogP contribution in [0.1, 0.15) is 24.3 Å². The summed E-state index contributed by atoms with van der Waals surface area (Å²) in [6.07, 6.45) is 1.95. The van der Waals surface area contributed by atoms with Crippen LogP contribution in [-0.2, 0) is 16.0 Å². The molecule has 1 aromatic heterocycles. The van der Waals surface area contributed by atoms with Gasteiger partial charge in [-0.2, -0.15) is 0 Å². The van der Waals surface area contributed by atoms with Crippen molar-refractivity contribution in [1.29, 1.82) is 0 Å². The molecule has 2 heterocycles. The van der Waals surface area contributed by atoms with Crippen molar-refractivity contribution >= 4 is 29.4 Å². The molecule has 2 N–H and O–H groups in total. The number of carbonyl (C=O) groups is 1. The highest BCUT2D eigenvalue weighted by Gasteiger charge is 2.39. The van der Waals surface area contributed by atoms with Crippen molar-refractivity contribution in [2.75, 3.05) is 26.7 Å². The molecule has 0 bridgehead atoms. The standard InChI is InChI=1S/C17H23N3O3.ClH/c1-12-4-3-5-13-15(12)20-14(23-13)6-9-19-16(21)17(22-2)7-10-18-11-8-17;/h3-5,18H,6-11H2,1-2H3,(H,19,21);1H. The average molecular weight is 354 g/mol. The second-order valence-electron chi connectivity index (χ2n) is 5.98. The summed E-state index contributed by atoms with van der Waals surface area (Å²) in [6, 6.07) is 5.87. The molecule has 1 fully saturated rings. The fourth-order valence-electron chi connectivity index (χ4n) is 3.04. The van der Waals surface area contributed by atoms with Crippen LogP contribution in [0.15, 0.2) is 22.6 Å². The monoisotopic (exact) mass is 353 g/mol. The highest BCUT2D eigenvalue weighted by Crippen LogP contribution is 2.23. The number of amides is 1. The summed E-state index contributed by atoms with van der Waals surface area (Å²) in [5, 5.41) is 6.21. The van der Waals surface area contributed by atoms with Crippen LogP contribution in [-0.4, -0.2) is 43.2 Å². The number of carbonyl (C=O) groups excluding carboxylic acids is 1. The molecule has 0 spiro atoms. The van der Waals surface area contributed by atoms with Crippen LogP contribution in [0, 0.1) is 6.92 Å². The van der Waals surface area contributed by atoms with E-state index in [1.807, 2.05) is 25.1 Å². The number of hydrogen-bond acceptors (Lipinski definition) is 5. The minimum Gasteiger partial charge on any atom is -0.441 e. The first-order valence-corrected chi connectivity index (χ1v) is 8.04. The number of aromatic nitrogens is 1. The number of aryl methyl sites for hydroxylation is 1. The molecule has 24 heavy (non-hydrogen) atoms. The zero-order chi connectivity index (χ0) is 16.3. The fraction of sp³-hybridized carbons (Fsp3) is 0.529. The van der Waals surface area contributed by atoms with Crippen LogP contribution in [0.25, 0.3) is 11.1 Å². The molecule has 3 rings (SSSR count). The number of oxazole rings is 1. The minimum atomic E-state index is -0.705. The molecule has 0 unspecified atom stereocenters. The molecular weight excluding hydrogens is 330 g/mol. The van der Waals surface area contributed by atoms with Gasteiger partial charge in [0.1, 0.15) is 11.1 Å². The van der Waals surface area contributed by atoms with Crippen molar-refractivity contribution in [3.05, 3.63) is 29.7 Å². The number of nitrogens with one attached hydrogen (secondary N) is 2. The maximum absolute atomic E-state index is 12.5. The molecular formula is C17H24ClN3O3. The molecule has 0 aliphatic carbocycles. The third-order valence-electron chi connectivity index (χ3n) is 4.51. The minimum absolute atomic E-state index is 0. The molecule has 0 atom stereocenters. The lowest BCUT2D eigenvalue weighted by molar-refractivity contribution is -0.146. The van der Waals surface area contributed by atoms with Gasteiger partial charge in [0, 0.05) is 20.1 Å². The van der Waals surface area contributed by atoms with Gasteiger partial charge in [-0.15, -0.1) is 12.4 Å². The first-order chi connectivity index (χ1) is 11.1. The van der Waals surface area contributed by atoms with Crippen molar-refractivity contribution in [2.45, 2.75) is 31.8 Å². The molecule has 0 radical (unpaired) electrons. The highest BCUT2D eigenvalue weighted by molar-refractivity contribution is 5.85. The predicted octanol–water partition coefficient (Wildman–Crippen LogP) is 1.99. The van der Waals surface area contributed by atoms with Crippen LogP contribution in [0.5, 0.6) is 0 Å². The number of piperidine rings is 1. The van der Waals surface area contributed by atoms with Gasteiger partial charge in [0.05, 0.1) is 0 Å². The van der Waals surface area contributed by atoms with Crippen molar-refractivity contribution < 1.29 is 13.9 Å². The lowest BCUT2D eigenvalue weighted by Crippen LogP contribution is -2.54. The number of nitrogens with zero attached hydrogens (tertiary/aromatic N) is 1. The van der Waals surface area contributed by atoms with Gasteiger partial charge in [0.15, 0.2) is 11.5 Å². The normalized spacial score (nSPS) is 16.6. The maximum Gasteiger partial charge on any atom is 0.252 e. The largest absolute Gasteiger partial charge is 0.441 e. The summed E-state index contributed by atoms with van der Waals surface area (Å²) < 4.78 is 11.2. The van der Waals surface area contributed by atoms with Gasteiger partial charge in [-0.1, -0.05) is 12.1 Å². The molecule has 7 heteroatoms. The lowest BCUT2D eigenvalue weighted by atomic mass is 9.91. The first kappa shape index (κ1) is 18.7. The van der Waals surface area contributed by atoms with Gasteiger partial charge in [-0.3, -0.25) is 4.79 Å². The third kappa shape index (κ3) is 3.71. The van der Waals surface area contributed by atoms with Crippen molar-refractivity contribution in [2.24, 2.45) is 0 Å². The van der Waals surface area contributed by atoms with Gasteiger partial charge in [0.2, 0.25) is 0 Å². The Morgan fingerprint density at radius 2 is 2.17 bits per heavy atom. The number of para-hydroxylation sites is 1. The second kappa shape index (κ2) is 7.96. The molecule has 1 aliphatic rings. The third-order valence-corrected chi connectivity index (χ3v) is 4.51. The number of rotatable bonds is 5. The van der Waals surface area contributed by atoms with Crippen molar-refractivity contribution in [3.63, 3.8) is 0 Å². The average Bonchev–Trinajstić information content (AvgIpc) is 3.00. The Hall–Kier alpha value is -1.63. The summed E-state index contributed by atoms with van der Waals surface area (Å²) in [4.78, 5) is 17.0. The van der Waals surface area contributed by atoms with E-state index in [1.165, 1.54) is 0 Å². The number of benzene rings is 1. The van der Waals surface area contributed by atoms with Crippen LogP contribution < -0.4 is 10.6 Å². The molecule has 132 valence electrons. The van der Waals surface area contributed by atoms with E-state index in [1.54, 1.807) is 7.11 Å². The number of ether oxygens (including phenoxy) is 1. The lowest BCUT2D eigenvalue weighted by Gasteiger charge is -2.34. The predicted molar refractivity (Wildman–Crippen MR) is 94.6 cm³/mol.